The number of nitrogens with two attached hydrogens (primary N) is 1. The molecule has 1 aromatic carbocycles. The highest BCUT2D eigenvalue weighted by Gasteiger charge is 2.29. The summed E-state index contributed by atoms with van der Waals surface area (Å²) in [7, 11) is 0. The molecule has 0 bridgehead atoms. The molecular formula is C15H22N2O2. The van der Waals surface area contributed by atoms with Crippen LogP contribution in [0.2, 0.25) is 0 Å². The zero-order valence-corrected chi connectivity index (χ0v) is 11.7. The monoisotopic (exact) mass is 262 g/mol. The number of cyclic esters (lactones) is 1. The molecule has 1 atom stereocenters. The first-order valence-electron chi connectivity index (χ1n) is 6.96. The van der Waals surface area contributed by atoms with E-state index in [0.717, 1.165) is 18.5 Å². The Kier molecular flexibility index (Phi) is 4.43. The van der Waals surface area contributed by atoms with Crippen molar-refractivity contribution in [2.75, 3.05) is 24.6 Å². The van der Waals surface area contributed by atoms with Crippen LogP contribution >= 0.6 is 0 Å². The lowest BCUT2D eigenvalue weighted by Gasteiger charge is -2.34. The Bertz CT molecular complexity index is 437. The Morgan fingerprint density at radius 3 is 2.47 bits per heavy atom. The molecule has 1 aliphatic rings. The lowest BCUT2D eigenvalue weighted by molar-refractivity contribution is 0.117. The summed E-state index contributed by atoms with van der Waals surface area (Å²) in [6.45, 7) is 5.84. The first-order valence-corrected chi connectivity index (χ1v) is 6.96. The molecule has 0 aliphatic carbocycles. The molecule has 0 spiro atoms. The first kappa shape index (κ1) is 13.9. The fourth-order valence-electron chi connectivity index (χ4n) is 2.54. The fourth-order valence-corrected chi connectivity index (χ4v) is 2.54. The van der Waals surface area contributed by atoms with Crippen LogP contribution in [-0.4, -0.2) is 25.8 Å². The van der Waals surface area contributed by atoms with Crippen molar-refractivity contribution in [3.05, 3.63) is 29.3 Å². The maximum absolute atomic E-state index is 12.1. The number of carbonyl (C=O) groups is 1. The van der Waals surface area contributed by atoms with E-state index in [1.807, 2.05) is 0 Å². The highest BCUT2D eigenvalue weighted by molar-refractivity contribution is 5.90. The van der Waals surface area contributed by atoms with Crippen molar-refractivity contribution in [2.45, 2.75) is 26.7 Å². The van der Waals surface area contributed by atoms with Crippen molar-refractivity contribution in [3.8, 4) is 0 Å². The molecule has 0 saturated carbocycles. The van der Waals surface area contributed by atoms with Gasteiger partial charge in [-0.05, 0) is 24.0 Å². The van der Waals surface area contributed by atoms with E-state index in [2.05, 4.69) is 32.0 Å². The van der Waals surface area contributed by atoms with Gasteiger partial charge in [-0.2, -0.15) is 0 Å². The van der Waals surface area contributed by atoms with Crippen LogP contribution in [0.3, 0.4) is 0 Å². The van der Waals surface area contributed by atoms with E-state index in [1.165, 1.54) is 11.1 Å². The minimum atomic E-state index is -0.250. The number of para-hydroxylation sites is 1. The van der Waals surface area contributed by atoms with Crippen molar-refractivity contribution in [3.63, 3.8) is 0 Å². The maximum Gasteiger partial charge on any atom is 0.414 e. The summed E-state index contributed by atoms with van der Waals surface area (Å²) >= 11 is 0. The molecule has 2 rings (SSSR count). The molecule has 1 saturated heterocycles. The quantitative estimate of drug-likeness (QED) is 0.906. The molecule has 104 valence electrons. The summed E-state index contributed by atoms with van der Waals surface area (Å²) in [5.41, 5.74) is 9.11. The minimum Gasteiger partial charge on any atom is -0.449 e. The predicted octanol–water partition coefficient (Wildman–Crippen LogP) is 2.34. The van der Waals surface area contributed by atoms with Crippen molar-refractivity contribution >= 4 is 11.8 Å². The average molecular weight is 262 g/mol. The van der Waals surface area contributed by atoms with E-state index >= 15 is 0 Å². The molecule has 19 heavy (non-hydrogen) atoms. The number of hydrogen-bond acceptors (Lipinski definition) is 3. The number of rotatable bonds is 4. The van der Waals surface area contributed by atoms with Crippen LogP contribution in [0, 0.1) is 5.92 Å². The normalized spacial score (nSPS) is 19.4. The Hall–Kier alpha value is -1.55. The van der Waals surface area contributed by atoms with E-state index in [-0.39, 0.29) is 12.0 Å². The summed E-state index contributed by atoms with van der Waals surface area (Å²) in [5, 5.41) is 0. The zero-order chi connectivity index (χ0) is 13.8. The van der Waals surface area contributed by atoms with Crippen LogP contribution in [0.1, 0.15) is 25.0 Å². The molecule has 0 radical (unpaired) electrons. The molecule has 1 aromatic rings. The van der Waals surface area contributed by atoms with Crippen molar-refractivity contribution < 1.29 is 9.53 Å². The van der Waals surface area contributed by atoms with Gasteiger partial charge in [0.05, 0.1) is 12.3 Å². The SMILES string of the molecule is CCc1cccc(CC)c1N1CC(CN)COC1=O. The van der Waals surface area contributed by atoms with E-state index in [9.17, 15) is 4.79 Å². The lowest BCUT2D eigenvalue weighted by atomic mass is 10.0. The predicted molar refractivity (Wildman–Crippen MR) is 76.4 cm³/mol. The van der Waals surface area contributed by atoms with Gasteiger partial charge in [0.2, 0.25) is 0 Å². The summed E-state index contributed by atoms with van der Waals surface area (Å²) in [6, 6.07) is 6.21. The smallest absolute Gasteiger partial charge is 0.414 e. The van der Waals surface area contributed by atoms with Crippen LogP contribution in [0.25, 0.3) is 0 Å². The number of nitrogens with zero attached hydrogens (tertiary/aromatic N) is 1. The molecule has 1 amide bonds. The van der Waals surface area contributed by atoms with Crippen LogP contribution in [0.15, 0.2) is 18.2 Å². The number of amides is 1. The summed E-state index contributed by atoms with van der Waals surface area (Å²) in [5.74, 6) is 0.215. The number of benzene rings is 1. The van der Waals surface area contributed by atoms with Gasteiger partial charge in [-0.25, -0.2) is 4.79 Å². The van der Waals surface area contributed by atoms with Crippen LogP contribution in [0.4, 0.5) is 10.5 Å². The second-order valence-electron chi connectivity index (χ2n) is 4.92. The lowest BCUT2D eigenvalue weighted by Crippen LogP contribution is -2.46. The van der Waals surface area contributed by atoms with Crippen LogP contribution < -0.4 is 10.6 Å². The van der Waals surface area contributed by atoms with Crippen LogP contribution in [0.5, 0.6) is 0 Å². The van der Waals surface area contributed by atoms with E-state index in [1.54, 1.807) is 4.90 Å². The van der Waals surface area contributed by atoms with Gasteiger partial charge >= 0.3 is 6.09 Å². The summed E-state index contributed by atoms with van der Waals surface area (Å²) in [4.78, 5) is 13.8. The molecule has 1 fully saturated rings. The standard InChI is InChI=1S/C15H22N2O2/c1-3-12-6-5-7-13(4-2)14(12)17-9-11(8-16)10-19-15(17)18/h5-7,11H,3-4,8-10,16H2,1-2H3. The minimum absolute atomic E-state index is 0.215. The Morgan fingerprint density at radius 2 is 1.95 bits per heavy atom. The second kappa shape index (κ2) is 6.06. The Balaban J connectivity index is 2.40. The topological polar surface area (TPSA) is 55.6 Å². The van der Waals surface area contributed by atoms with Gasteiger partial charge in [0.25, 0.3) is 0 Å². The number of ether oxygens (including phenoxy) is 1. The second-order valence-corrected chi connectivity index (χ2v) is 4.92. The van der Waals surface area contributed by atoms with Crippen molar-refractivity contribution in [1.29, 1.82) is 0 Å². The van der Waals surface area contributed by atoms with Gasteiger partial charge in [-0.3, -0.25) is 4.90 Å². The highest BCUT2D eigenvalue weighted by atomic mass is 16.6. The number of anilines is 1. The zero-order valence-electron chi connectivity index (χ0n) is 11.7. The van der Waals surface area contributed by atoms with Gasteiger partial charge in [0, 0.05) is 19.0 Å². The van der Waals surface area contributed by atoms with Gasteiger partial charge in [0.15, 0.2) is 0 Å². The van der Waals surface area contributed by atoms with Gasteiger partial charge < -0.3 is 10.5 Å². The van der Waals surface area contributed by atoms with Gasteiger partial charge in [0.1, 0.15) is 0 Å². The van der Waals surface area contributed by atoms with Crippen molar-refractivity contribution in [2.24, 2.45) is 11.7 Å². The summed E-state index contributed by atoms with van der Waals surface area (Å²) in [6.07, 6.45) is 1.56. The van der Waals surface area contributed by atoms with E-state index in [4.69, 9.17) is 10.5 Å². The molecule has 4 nitrogen and oxygen atoms in total. The first-order chi connectivity index (χ1) is 9.21. The highest BCUT2D eigenvalue weighted by Crippen LogP contribution is 2.29. The molecular weight excluding hydrogens is 240 g/mol. The number of hydrogen-bond donors (Lipinski definition) is 1. The van der Waals surface area contributed by atoms with Gasteiger partial charge in [-0.15, -0.1) is 0 Å². The molecule has 1 aliphatic heterocycles. The molecule has 4 heteroatoms. The molecule has 0 aromatic heterocycles. The third kappa shape index (κ3) is 2.73. The average Bonchev–Trinajstić information content (AvgIpc) is 2.47. The largest absolute Gasteiger partial charge is 0.449 e. The van der Waals surface area contributed by atoms with E-state index < -0.39 is 0 Å². The Labute approximate surface area is 114 Å². The van der Waals surface area contributed by atoms with E-state index in [0.29, 0.717) is 19.7 Å². The van der Waals surface area contributed by atoms with Crippen molar-refractivity contribution in [1.82, 2.24) is 0 Å². The summed E-state index contributed by atoms with van der Waals surface area (Å²) < 4.78 is 5.25. The van der Waals surface area contributed by atoms with Crippen LogP contribution in [-0.2, 0) is 17.6 Å². The maximum atomic E-state index is 12.1. The molecule has 2 N–H and O–H groups in total. The third-order valence-corrected chi connectivity index (χ3v) is 3.67. The number of carbonyl (C=O) groups excluding carboxylic acids is 1. The Morgan fingerprint density at radius 1 is 1.32 bits per heavy atom. The number of aryl methyl sites for hydroxylation is 2. The fraction of sp³-hybridized carbons (Fsp3) is 0.533. The molecule has 1 heterocycles. The third-order valence-electron chi connectivity index (χ3n) is 3.67. The molecule has 1 unspecified atom stereocenters. The van der Waals surface area contributed by atoms with Gasteiger partial charge in [-0.1, -0.05) is 32.0 Å².